The van der Waals surface area contributed by atoms with Gasteiger partial charge < -0.3 is 31.4 Å². The second kappa shape index (κ2) is 22.4. The summed E-state index contributed by atoms with van der Waals surface area (Å²) in [5.74, 6) is -2.61. The molecule has 0 spiro atoms. The van der Waals surface area contributed by atoms with Crippen molar-refractivity contribution >= 4 is 53.1 Å². The number of aldehydes is 1. The van der Waals surface area contributed by atoms with Gasteiger partial charge in [-0.2, -0.15) is 0 Å². The van der Waals surface area contributed by atoms with Crippen LogP contribution in [0.3, 0.4) is 0 Å². The SMILES string of the molecule is Cc1ccc(-c2cccc(Cl)c2)cc1.O=C[C@@H]1Cc2ccc(cc2)NC(=O)CCC(=O)N[C@H](CCc2ccccc2)C(=O)NCC(=O)N[C@H](Cc2ccccc2)C(=O)N1. The van der Waals surface area contributed by atoms with Crippen molar-refractivity contribution in [2.75, 3.05) is 11.9 Å². The van der Waals surface area contributed by atoms with Crippen LogP contribution < -0.4 is 26.6 Å². The van der Waals surface area contributed by atoms with Gasteiger partial charge in [-0.3, -0.25) is 24.0 Å². The second-order valence-electron chi connectivity index (χ2n) is 14.2. The smallest absolute Gasteiger partial charge is 0.243 e. The predicted molar refractivity (Wildman–Crippen MR) is 229 cm³/mol. The number of nitrogens with one attached hydrogen (secondary N) is 5. The van der Waals surface area contributed by atoms with Gasteiger partial charge in [0.15, 0.2) is 0 Å². The summed E-state index contributed by atoms with van der Waals surface area (Å²) in [6, 6.07) is 38.8. The van der Waals surface area contributed by atoms with E-state index in [1.807, 2.05) is 78.9 Å². The molecule has 2 bridgehead atoms. The minimum Gasteiger partial charge on any atom is -0.345 e. The highest BCUT2D eigenvalue weighted by Gasteiger charge is 2.26. The lowest BCUT2D eigenvalue weighted by molar-refractivity contribution is -0.132. The molecule has 5 N–H and O–H groups in total. The molecular weight excluding hydrogens is 766 g/mol. The van der Waals surface area contributed by atoms with E-state index in [9.17, 15) is 28.8 Å². The summed E-state index contributed by atoms with van der Waals surface area (Å²) in [6.45, 7) is 1.64. The number of hydrogen-bond acceptors (Lipinski definition) is 6. The summed E-state index contributed by atoms with van der Waals surface area (Å²) >= 11 is 5.93. The van der Waals surface area contributed by atoms with Crippen LogP contribution in [0.5, 0.6) is 0 Å². The van der Waals surface area contributed by atoms with E-state index in [1.165, 1.54) is 11.1 Å². The first kappa shape index (κ1) is 43.5. The normalized spacial score (nSPS) is 18.0. The number of aryl methyl sites for hydroxylation is 2. The van der Waals surface area contributed by atoms with Crippen LogP contribution in [0.25, 0.3) is 11.1 Å². The van der Waals surface area contributed by atoms with Crippen molar-refractivity contribution in [1.29, 1.82) is 0 Å². The van der Waals surface area contributed by atoms with E-state index in [0.717, 1.165) is 27.3 Å². The van der Waals surface area contributed by atoms with Gasteiger partial charge in [0.25, 0.3) is 0 Å². The standard InChI is InChI=1S/C34H37N5O6.C13H11Cl/c40-22-27-19-25-11-14-26(15-12-25)36-30(41)17-18-31(42)38-28(16-13-23-7-3-1-4-8-23)33(44)35-21-32(43)39-29(34(45)37-27)20-24-9-5-2-6-10-24;1-10-5-7-11(8-6-10)12-3-2-4-13(14)9-12/h1-12,14-15,22,27-29H,13,16-21H2,(H,35,44)(H,36,41)(H,37,45)(H,38,42)(H,39,43);2-9H,1H3/t27-,28+,29+;/m0./s1. The molecule has 0 fully saturated rings. The zero-order valence-corrected chi connectivity index (χ0v) is 33.5. The van der Waals surface area contributed by atoms with Crippen LogP contribution in [-0.2, 0) is 48.0 Å². The molecule has 304 valence electrons. The minimum atomic E-state index is -1.03. The van der Waals surface area contributed by atoms with Crippen LogP contribution in [0.15, 0.2) is 133 Å². The Balaban J connectivity index is 0.000000395. The van der Waals surface area contributed by atoms with Crippen molar-refractivity contribution in [1.82, 2.24) is 21.3 Å². The van der Waals surface area contributed by atoms with E-state index in [-0.39, 0.29) is 38.0 Å². The van der Waals surface area contributed by atoms with Crippen molar-refractivity contribution in [3.63, 3.8) is 0 Å². The molecule has 12 heteroatoms. The van der Waals surface area contributed by atoms with Crippen molar-refractivity contribution in [3.8, 4) is 11.1 Å². The topological polar surface area (TPSA) is 163 Å². The number of carbonyl (C=O) groups is 6. The monoisotopic (exact) mass is 813 g/mol. The molecule has 5 aromatic carbocycles. The third-order valence-electron chi connectivity index (χ3n) is 9.55. The molecule has 0 unspecified atom stereocenters. The number of anilines is 1. The molecule has 0 saturated heterocycles. The Kier molecular flexibility index (Phi) is 16.5. The molecular formula is C47H48ClN5O6. The number of benzene rings is 5. The number of carbonyl (C=O) groups excluding carboxylic acids is 6. The van der Waals surface area contributed by atoms with E-state index in [0.29, 0.717) is 18.4 Å². The van der Waals surface area contributed by atoms with Gasteiger partial charge in [0.2, 0.25) is 29.5 Å². The molecule has 2 heterocycles. The van der Waals surface area contributed by atoms with Crippen molar-refractivity contribution in [2.45, 2.75) is 63.6 Å². The average Bonchev–Trinajstić information content (AvgIpc) is 3.24. The van der Waals surface area contributed by atoms with Gasteiger partial charge in [-0.1, -0.05) is 126 Å². The van der Waals surface area contributed by atoms with Gasteiger partial charge in [-0.05, 0) is 78.3 Å². The average molecular weight is 814 g/mol. The fourth-order valence-corrected chi connectivity index (χ4v) is 6.54. The maximum absolute atomic E-state index is 13.3. The summed E-state index contributed by atoms with van der Waals surface area (Å²) in [5.41, 5.74) is 6.65. The predicted octanol–water partition coefficient (Wildman–Crippen LogP) is 5.92. The van der Waals surface area contributed by atoms with E-state index in [1.54, 1.807) is 24.3 Å². The molecule has 0 saturated carbocycles. The third-order valence-corrected chi connectivity index (χ3v) is 9.78. The maximum Gasteiger partial charge on any atom is 0.243 e. The third kappa shape index (κ3) is 14.7. The molecule has 0 aliphatic carbocycles. The number of halogens is 1. The lowest BCUT2D eigenvalue weighted by Gasteiger charge is -2.22. The molecule has 7 rings (SSSR count). The first-order chi connectivity index (χ1) is 28.5. The summed E-state index contributed by atoms with van der Waals surface area (Å²) in [7, 11) is 0. The highest BCUT2D eigenvalue weighted by Crippen LogP contribution is 2.23. The number of hydrogen-bond donors (Lipinski definition) is 5. The molecule has 5 aromatic rings. The first-order valence-electron chi connectivity index (χ1n) is 19.5. The first-order valence-corrected chi connectivity index (χ1v) is 19.8. The Labute approximate surface area is 349 Å². The fraction of sp³-hybridized carbons (Fsp3) is 0.234. The van der Waals surface area contributed by atoms with E-state index in [4.69, 9.17) is 11.6 Å². The largest absolute Gasteiger partial charge is 0.345 e. The Morgan fingerprint density at radius 1 is 0.627 bits per heavy atom. The summed E-state index contributed by atoms with van der Waals surface area (Å²) < 4.78 is 0. The Morgan fingerprint density at radius 2 is 1.27 bits per heavy atom. The fourth-order valence-electron chi connectivity index (χ4n) is 6.35. The quantitative estimate of drug-likeness (QED) is 0.101. The van der Waals surface area contributed by atoms with Crippen LogP contribution >= 0.6 is 11.6 Å². The zero-order chi connectivity index (χ0) is 42.0. The zero-order valence-electron chi connectivity index (χ0n) is 32.8. The van der Waals surface area contributed by atoms with E-state index in [2.05, 4.69) is 63.8 Å². The minimum absolute atomic E-state index is 0.106. The van der Waals surface area contributed by atoms with Gasteiger partial charge >= 0.3 is 0 Å². The van der Waals surface area contributed by atoms with Crippen molar-refractivity contribution in [2.24, 2.45) is 0 Å². The molecule has 0 radical (unpaired) electrons. The molecule has 59 heavy (non-hydrogen) atoms. The van der Waals surface area contributed by atoms with Crippen LogP contribution in [0.2, 0.25) is 5.02 Å². The second-order valence-corrected chi connectivity index (χ2v) is 14.7. The van der Waals surface area contributed by atoms with Crippen molar-refractivity contribution < 1.29 is 28.8 Å². The summed E-state index contributed by atoms with van der Waals surface area (Å²) in [4.78, 5) is 76.7. The number of amides is 5. The lowest BCUT2D eigenvalue weighted by atomic mass is 10.0. The highest BCUT2D eigenvalue weighted by atomic mass is 35.5. The van der Waals surface area contributed by atoms with Gasteiger partial charge in [-0.15, -0.1) is 0 Å². The van der Waals surface area contributed by atoms with E-state index >= 15 is 0 Å². The molecule has 2 aliphatic rings. The van der Waals surface area contributed by atoms with Gasteiger partial charge in [-0.25, -0.2) is 0 Å². The van der Waals surface area contributed by atoms with Crippen LogP contribution in [-0.4, -0.2) is 60.5 Å². The Morgan fingerprint density at radius 3 is 1.93 bits per heavy atom. The summed E-state index contributed by atoms with van der Waals surface area (Å²) in [5, 5.41) is 14.2. The van der Waals surface area contributed by atoms with Crippen LogP contribution in [0, 0.1) is 6.92 Å². The Bertz CT molecular complexity index is 2180. The van der Waals surface area contributed by atoms with Crippen LogP contribution in [0.1, 0.15) is 41.5 Å². The van der Waals surface area contributed by atoms with Crippen molar-refractivity contribution in [3.05, 3.63) is 161 Å². The van der Waals surface area contributed by atoms with E-state index < -0.39 is 48.3 Å². The molecule has 2 aliphatic heterocycles. The molecule has 3 atom stereocenters. The molecule has 11 nitrogen and oxygen atoms in total. The van der Waals surface area contributed by atoms with Gasteiger partial charge in [0.1, 0.15) is 18.4 Å². The lowest BCUT2D eigenvalue weighted by Crippen LogP contribution is -2.54. The van der Waals surface area contributed by atoms with Gasteiger partial charge in [0, 0.05) is 30.0 Å². The Hall–Kier alpha value is -6.59. The summed E-state index contributed by atoms with van der Waals surface area (Å²) in [6.07, 6.45) is 1.47. The molecule has 5 amide bonds. The maximum atomic E-state index is 13.3. The molecule has 0 aromatic heterocycles. The van der Waals surface area contributed by atoms with Crippen LogP contribution in [0.4, 0.5) is 5.69 Å². The highest BCUT2D eigenvalue weighted by molar-refractivity contribution is 6.30. The number of fused-ring (bicyclic) bond motifs is 18. The number of rotatable bonds is 7. The van der Waals surface area contributed by atoms with Gasteiger partial charge in [0.05, 0.1) is 12.6 Å².